The van der Waals surface area contributed by atoms with Gasteiger partial charge in [0.25, 0.3) is 0 Å². The summed E-state index contributed by atoms with van der Waals surface area (Å²) in [5.41, 5.74) is -0.531. The Hall–Kier alpha value is -0.910. The Kier molecular flexibility index (Phi) is 4.46. The van der Waals surface area contributed by atoms with E-state index in [0.717, 1.165) is 18.2 Å². The van der Waals surface area contributed by atoms with Crippen LogP contribution in [0.5, 0.6) is 0 Å². The molecule has 5 nitrogen and oxygen atoms in total. The molecule has 0 atom stereocenters. The third-order valence-electron chi connectivity index (χ3n) is 1.89. The Morgan fingerprint density at radius 2 is 2.12 bits per heavy atom. The van der Waals surface area contributed by atoms with Crippen LogP contribution >= 0.6 is 11.8 Å². The van der Waals surface area contributed by atoms with Crippen molar-refractivity contribution in [1.29, 1.82) is 0 Å². The highest BCUT2D eigenvalue weighted by Crippen LogP contribution is 2.12. The van der Waals surface area contributed by atoms with Crippen molar-refractivity contribution in [3.63, 3.8) is 0 Å². The number of ether oxygens (including phenoxy) is 1. The third kappa shape index (κ3) is 4.74. The summed E-state index contributed by atoms with van der Waals surface area (Å²) in [5, 5.41) is 2.45. The van der Waals surface area contributed by atoms with Crippen LogP contribution in [0.15, 0.2) is 0 Å². The molecule has 1 saturated heterocycles. The molecule has 1 heterocycles. The zero-order valence-corrected chi connectivity index (χ0v) is 10.7. The minimum atomic E-state index is -0.548. The van der Waals surface area contributed by atoms with E-state index in [9.17, 15) is 9.59 Å². The molecule has 92 valence electrons. The van der Waals surface area contributed by atoms with Crippen molar-refractivity contribution in [2.45, 2.75) is 26.4 Å². The predicted molar refractivity (Wildman–Crippen MR) is 63.3 cm³/mol. The fraction of sp³-hybridized carbons (Fsp3) is 0.800. The van der Waals surface area contributed by atoms with Crippen LogP contribution in [0.3, 0.4) is 0 Å². The average Bonchev–Trinajstić information content (AvgIpc) is 2.64. The first-order valence-electron chi connectivity index (χ1n) is 5.21. The lowest BCUT2D eigenvalue weighted by atomic mass is 10.2. The van der Waals surface area contributed by atoms with E-state index in [-0.39, 0.29) is 12.5 Å². The lowest BCUT2D eigenvalue weighted by Gasteiger charge is -2.20. The van der Waals surface area contributed by atoms with Gasteiger partial charge in [-0.1, -0.05) is 0 Å². The van der Waals surface area contributed by atoms with Gasteiger partial charge in [-0.3, -0.25) is 4.79 Å². The Morgan fingerprint density at radius 1 is 1.44 bits per heavy atom. The number of hydrogen-bond acceptors (Lipinski definition) is 4. The number of carbonyl (C=O) groups excluding carboxylic acids is 2. The van der Waals surface area contributed by atoms with E-state index in [4.69, 9.17) is 4.74 Å². The number of hydrogen-bond donors (Lipinski definition) is 1. The van der Waals surface area contributed by atoms with Gasteiger partial charge in [0.15, 0.2) is 0 Å². The van der Waals surface area contributed by atoms with Gasteiger partial charge in [0, 0.05) is 12.3 Å². The summed E-state index contributed by atoms with van der Waals surface area (Å²) in [4.78, 5) is 24.6. The van der Waals surface area contributed by atoms with Gasteiger partial charge in [-0.05, 0) is 20.8 Å². The van der Waals surface area contributed by atoms with Crippen molar-refractivity contribution in [2.24, 2.45) is 0 Å². The molecule has 1 aliphatic heterocycles. The monoisotopic (exact) mass is 246 g/mol. The van der Waals surface area contributed by atoms with Crippen LogP contribution in [0.1, 0.15) is 20.8 Å². The van der Waals surface area contributed by atoms with Gasteiger partial charge in [-0.25, -0.2) is 4.79 Å². The Bertz CT molecular complexity index is 270. The molecule has 0 bridgehead atoms. The van der Waals surface area contributed by atoms with Crippen LogP contribution in [0.25, 0.3) is 0 Å². The van der Waals surface area contributed by atoms with Gasteiger partial charge in [-0.15, -0.1) is 11.8 Å². The zero-order chi connectivity index (χ0) is 12.2. The molecule has 1 rings (SSSR count). The third-order valence-corrected chi connectivity index (χ3v) is 2.85. The van der Waals surface area contributed by atoms with Crippen LogP contribution in [-0.2, 0) is 9.53 Å². The van der Waals surface area contributed by atoms with Crippen LogP contribution < -0.4 is 5.32 Å². The molecule has 1 fully saturated rings. The summed E-state index contributed by atoms with van der Waals surface area (Å²) in [6, 6.07) is 0. The molecule has 0 radical (unpaired) electrons. The number of carbonyl (C=O) groups is 2. The molecular formula is C10H18N2O3S. The standard InChI is InChI=1S/C10H18N2O3S/c1-10(2,3)15-9(14)11-6-8(13)12-4-5-16-7-12/h4-7H2,1-3H3,(H,11,14). The van der Waals surface area contributed by atoms with E-state index in [1.54, 1.807) is 37.4 Å². The molecule has 0 aromatic carbocycles. The van der Waals surface area contributed by atoms with Gasteiger partial charge in [0.05, 0.1) is 5.88 Å². The van der Waals surface area contributed by atoms with Gasteiger partial charge in [-0.2, -0.15) is 0 Å². The first kappa shape index (κ1) is 13.2. The number of amides is 2. The van der Waals surface area contributed by atoms with Crippen molar-refractivity contribution >= 4 is 23.8 Å². The molecule has 1 aliphatic rings. The molecule has 0 saturated carbocycles. The van der Waals surface area contributed by atoms with E-state index in [1.165, 1.54) is 0 Å². The molecule has 0 unspecified atom stereocenters. The molecule has 0 spiro atoms. The second-order valence-corrected chi connectivity index (χ2v) is 5.62. The second kappa shape index (κ2) is 5.43. The maximum Gasteiger partial charge on any atom is 0.408 e. The van der Waals surface area contributed by atoms with Crippen molar-refractivity contribution in [3.05, 3.63) is 0 Å². The number of nitrogens with zero attached hydrogens (tertiary/aromatic N) is 1. The number of thioether (sulfide) groups is 1. The number of nitrogens with one attached hydrogen (secondary N) is 1. The van der Waals surface area contributed by atoms with E-state index in [0.29, 0.717) is 0 Å². The SMILES string of the molecule is CC(C)(C)OC(=O)NCC(=O)N1CCSC1. The fourth-order valence-corrected chi connectivity index (χ4v) is 2.16. The topological polar surface area (TPSA) is 58.6 Å². The molecule has 0 aliphatic carbocycles. The molecule has 2 amide bonds. The molecule has 0 aromatic heterocycles. The summed E-state index contributed by atoms with van der Waals surface area (Å²) in [6.07, 6.45) is -0.548. The van der Waals surface area contributed by atoms with Gasteiger partial charge < -0.3 is 15.0 Å². The van der Waals surface area contributed by atoms with E-state index < -0.39 is 11.7 Å². The maximum atomic E-state index is 11.6. The lowest BCUT2D eigenvalue weighted by molar-refractivity contribution is -0.128. The fourth-order valence-electron chi connectivity index (χ4n) is 1.18. The summed E-state index contributed by atoms with van der Waals surface area (Å²) in [5.74, 6) is 1.63. The predicted octanol–water partition coefficient (Wildman–Crippen LogP) is 1.04. The van der Waals surface area contributed by atoms with Gasteiger partial charge in [0.2, 0.25) is 5.91 Å². The molecular weight excluding hydrogens is 228 g/mol. The van der Waals surface area contributed by atoms with E-state index in [1.807, 2.05) is 0 Å². The van der Waals surface area contributed by atoms with Crippen molar-refractivity contribution < 1.29 is 14.3 Å². The number of alkyl carbamates (subject to hydrolysis) is 1. The Balaban J connectivity index is 2.23. The molecule has 0 aromatic rings. The van der Waals surface area contributed by atoms with Crippen LogP contribution in [0.2, 0.25) is 0 Å². The first-order valence-corrected chi connectivity index (χ1v) is 6.36. The second-order valence-electron chi connectivity index (χ2n) is 4.55. The van der Waals surface area contributed by atoms with Crippen LogP contribution in [0.4, 0.5) is 4.79 Å². The number of rotatable bonds is 2. The molecule has 1 N–H and O–H groups in total. The highest BCUT2D eigenvalue weighted by molar-refractivity contribution is 7.99. The van der Waals surface area contributed by atoms with Crippen LogP contribution in [-0.4, -0.2) is 47.2 Å². The van der Waals surface area contributed by atoms with Gasteiger partial charge in [0.1, 0.15) is 12.1 Å². The summed E-state index contributed by atoms with van der Waals surface area (Å²) >= 11 is 1.72. The summed E-state index contributed by atoms with van der Waals surface area (Å²) in [6.45, 7) is 6.12. The van der Waals surface area contributed by atoms with Crippen molar-refractivity contribution in [3.8, 4) is 0 Å². The summed E-state index contributed by atoms with van der Waals surface area (Å²) in [7, 11) is 0. The average molecular weight is 246 g/mol. The van der Waals surface area contributed by atoms with Crippen molar-refractivity contribution in [2.75, 3.05) is 24.7 Å². The molecule has 6 heteroatoms. The zero-order valence-electron chi connectivity index (χ0n) is 9.91. The Labute approximate surface area is 99.9 Å². The summed E-state index contributed by atoms with van der Waals surface area (Å²) < 4.78 is 5.02. The largest absolute Gasteiger partial charge is 0.444 e. The maximum absolute atomic E-state index is 11.6. The minimum Gasteiger partial charge on any atom is -0.444 e. The van der Waals surface area contributed by atoms with E-state index in [2.05, 4.69) is 5.32 Å². The van der Waals surface area contributed by atoms with Crippen molar-refractivity contribution in [1.82, 2.24) is 10.2 Å². The lowest BCUT2D eigenvalue weighted by Crippen LogP contribution is -2.40. The quantitative estimate of drug-likeness (QED) is 0.791. The first-order chi connectivity index (χ1) is 7.38. The van der Waals surface area contributed by atoms with E-state index >= 15 is 0 Å². The smallest absolute Gasteiger partial charge is 0.408 e. The Morgan fingerprint density at radius 3 is 2.62 bits per heavy atom. The highest BCUT2D eigenvalue weighted by Gasteiger charge is 2.20. The molecule has 16 heavy (non-hydrogen) atoms. The van der Waals surface area contributed by atoms with Crippen LogP contribution in [0, 0.1) is 0 Å². The normalized spacial score (nSPS) is 16.1. The highest BCUT2D eigenvalue weighted by atomic mass is 32.2. The van der Waals surface area contributed by atoms with Gasteiger partial charge >= 0.3 is 6.09 Å². The minimum absolute atomic E-state index is 0.00940.